The molecule has 0 saturated carbocycles. The molecule has 0 aromatic carbocycles. The number of ether oxygens (including phenoxy) is 1. The first-order valence-electron chi connectivity index (χ1n) is 8.53. The molecular weight excluding hydrogens is 391 g/mol. The minimum Gasteiger partial charge on any atom is -0.385 e. The van der Waals surface area contributed by atoms with E-state index in [-0.39, 0.29) is 24.0 Å². The molecule has 0 aromatic rings. The first kappa shape index (κ1) is 21.9. The Hall–Kier alpha value is -0.0800. The molecule has 1 fully saturated rings. The third kappa shape index (κ3) is 9.84. The molecule has 0 spiro atoms. The first-order chi connectivity index (χ1) is 10.3. The zero-order valence-electron chi connectivity index (χ0n) is 14.6. The van der Waals surface area contributed by atoms with Gasteiger partial charge in [-0.2, -0.15) is 0 Å². The van der Waals surface area contributed by atoms with Gasteiger partial charge in [0.05, 0.1) is 0 Å². The fourth-order valence-electron chi connectivity index (χ4n) is 2.69. The van der Waals surface area contributed by atoms with Gasteiger partial charge in [-0.1, -0.05) is 6.92 Å². The quantitative estimate of drug-likeness (QED) is 0.257. The lowest BCUT2D eigenvalue weighted by Gasteiger charge is -2.31. The monoisotopic (exact) mass is 426 g/mol. The maximum Gasteiger partial charge on any atom is 0.191 e. The molecule has 132 valence electrons. The van der Waals surface area contributed by atoms with E-state index in [0.29, 0.717) is 0 Å². The molecule has 0 unspecified atom stereocenters. The number of likely N-dealkylation sites (tertiary alicyclic amines) is 1. The summed E-state index contributed by atoms with van der Waals surface area (Å²) in [6.45, 7) is 11.7. The van der Waals surface area contributed by atoms with Crippen LogP contribution in [0.25, 0.3) is 0 Å². The predicted molar refractivity (Wildman–Crippen MR) is 105 cm³/mol. The van der Waals surface area contributed by atoms with E-state index >= 15 is 0 Å². The Bertz CT molecular complexity index is 281. The molecule has 1 aliphatic rings. The van der Waals surface area contributed by atoms with Crippen molar-refractivity contribution in [3.63, 3.8) is 0 Å². The summed E-state index contributed by atoms with van der Waals surface area (Å²) in [6.07, 6.45) is 4.84. The minimum atomic E-state index is 0. The van der Waals surface area contributed by atoms with Crippen LogP contribution in [0.1, 0.15) is 39.5 Å². The molecule has 1 heterocycles. The van der Waals surface area contributed by atoms with E-state index in [9.17, 15) is 0 Å². The first-order valence-corrected chi connectivity index (χ1v) is 8.53. The van der Waals surface area contributed by atoms with Gasteiger partial charge in [0.2, 0.25) is 0 Å². The molecule has 0 radical (unpaired) electrons. The van der Waals surface area contributed by atoms with Gasteiger partial charge >= 0.3 is 0 Å². The van der Waals surface area contributed by atoms with E-state index in [2.05, 4.69) is 29.4 Å². The zero-order valence-corrected chi connectivity index (χ0v) is 16.9. The van der Waals surface area contributed by atoms with Crippen molar-refractivity contribution in [1.29, 1.82) is 0 Å². The van der Waals surface area contributed by atoms with Crippen molar-refractivity contribution in [2.45, 2.75) is 39.5 Å². The maximum absolute atomic E-state index is 5.06. The molecule has 0 amide bonds. The summed E-state index contributed by atoms with van der Waals surface area (Å²) in [5.41, 5.74) is 0. The normalized spacial score (nSPS) is 17.1. The molecule has 1 rings (SSSR count). The van der Waals surface area contributed by atoms with Crippen LogP contribution in [0.2, 0.25) is 0 Å². The van der Waals surface area contributed by atoms with Crippen LogP contribution in [0.4, 0.5) is 0 Å². The van der Waals surface area contributed by atoms with E-state index in [4.69, 9.17) is 9.73 Å². The van der Waals surface area contributed by atoms with Crippen LogP contribution in [-0.2, 0) is 4.74 Å². The van der Waals surface area contributed by atoms with Gasteiger partial charge in [-0.15, -0.1) is 24.0 Å². The van der Waals surface area contributed by atoms with Gasteiger partial charge in [-0.3, -0.25) is 4.99 Å². The number of hydrogen-bond donors (Lipinski definition) is 2. The van der Waals surface area contributed by atoms with E-state index in [1.54, 1.807) is 7.11 Å². The highest BCUT2D eigenvalue weighted by molar-refractivity contribution is 14.0. The zero-order chi connectivity index (χ0) is 15.3. The molecule has 22 heavy (non-hydrogen) atoms. The lowest BCUT2D eigenvalue weighted by atomic mass is 9.97. The SMILES string of the molecule is CCCN1CCC(CN=C(NCC)NCCCOC)CC1.I. The standard InChI is InChI=1S/C16H34N4O.HI/c1-4-10-20-11-7-15(8-12-20)14-19-16(17-5-2)18-9-6-13-21-3;/h15H,4-14H2,1-3H3,(H2,17,18,19);1H. The van der Waals surface area contributed by atoms with Gasteiger partial charge in [0, 0.05) is 33.4 Å². The van der Waals surface area contributed by atoms with Crippen molar-refractivity contribution >= 4 is 29.9 Å². The fourth-order valence-corrected chi connectivity index (χ4v) is 2.69. The molecule has 0 bridgehead atoms. The van der Waals surface area contributed by atoms with Crippen molar-refractivity contribution in [2.75, 3.05) is 53.0 Å². The van der Waals surface area contributed by atoms with Gasteiger partial charge in [-0.05, 0) is 58.2 Å². The smallest absolute Gasteiger partial charge is 0.191 e. The van der Waals surface area contributed by atoms with Gasteiger partial charge in [0.1, 0.15) is 0 Å². The molecule has 5 nitrogen and oxygen atoms in total. The number of hydrogen-bond acceptors (Lipinski definition) is 3. The summed E-state index contributed by atoms with van der Waals surface area (Å²) in [5.74, 6) is 1.69. The predicted octanol–water partition coefficient (Wildman–Crippen LogP) is 2.32. The minimum absolute atomic E-state index is 0. The van der Waals surface area contributed by atoms with Crippen LogP contribution in [-0.4, -0.2) is 63.8 Å². The van der Waals surface area contributed by atoms with E-state index < -0.39 is 0 Å². The van der Waals surface area contributed by atoms with Crippen molar-refractivity contribution in [3.05, 3.63) is 0 Å². The summed E-state index contributed by atoms with van der Waals surface area (Å²) in [4.78, 5) is 7.32. The van der Waals surface area contributed by atoms with Crippen LogP contribution in [0.15, 0.2) is 4.99 Å². The molecule has 0 atom stereocenters. The third-order valence-electron chi connectivity index (χ3n) is 3.92. The number of halogens is 1. The van der Waals surface area contributed by atoms with Gasteiger partial charge in [0.25, 0.3) is 0 Å². The molecule has 1 aliphatic heterocycles. The molecule has 0 aromatic heterocycles. The Morgan fingerprint density at radius 2 is 1.95 bits per heavy atom. The van der Waals surface area contributed by atoms with Gasteiger partial charge in [-0.25, -0.2) is 0 Å². The number of aliphatic imine (C=N–C) groups is 1. The van der Waals surface area contributed by atoms with Crippen LogP contribution < -0.4 is 10.6 Å². The molecule has 0 aliphatic carbocycles. The molecule has 1 saturated heterocycles. The second kappa shape index (κ2) is 14.5. The Morgan fingerprint density at radius 1 is 1.23 bits per heavy atom. The van der Waals surface area contributed by atoms with E-state index in [1.807, 2.05) is 0 Å². The number of rotatable bonds is 9. The number of piperidine rings is 1. The summed E-state index contributed by atoms with van der Waals surface area (Å²) >= 11 is 0. The van der Waals surface area contributed by atoms with Crippen LogP contribution in [0.5, 0.6) is 0 Å². The fraction of sp³-hybridized carbons (Fsp3) is 0.938. The number of methoxy groups -OCH3 is 1. The largest absolute Gasteiger partial charge is 0.385 e. The third-order valence-corrected chi connectivity index (χ3v) is 3.92. The average molecular weight is 426 g/mol. The van der Waals surface area contributed by atoms with Gasteiger partial charge in [0.15, 0.2) is 5.96 Å². The molecular formula is C16H35IN4O. The highest BCUT2D eigenvalue weighted by Gasteiger charge is 2.18. The topological polar surface area (TPSA) is 48.9 Å². The van der Waals surface area contributed by atoms with Gasteiger partial charge < -0.3 is 20.3 Å². The van der Waals surface area contributed by atoms with Crippen molar-refractivity contribution in [3.8, 4) is 0 Å². The summed E-state index contributed by atoms with van der Waals surface area (Å²) in [5, 5.41) is 6.69. The van der Waals surface area contributed by atoms with E-state index in [1.165, 1.54) is 38.9 Å². The van der Waals surface area contributed by atoms with Crippen LogP contribution in [0, 0.1) is 5.92 Å². The van der Waals surface area contributed by atoms with Crippen molar-refractivity contribution in [2.24, 2.45) is 10.9 Å². The highest BCUT2D eigenvalue weighted by Crippen LogP contribution is 2.17. The Morgan fingerprint density at radius 3 is 2.55 bits per heavy atom. The van der Waals surface area contributed by atoms with E-state index in [0.717, 1.165) is 44.5 Å². The highest BCUT2D eigenvalue weighted by atomic mass is 127. The molecule has 6 heteroatoms. The van der Waals surface area contributed by atoms with Crippen molar-refractivity contribution in [1.82, 2.24) is 15.5 Å². The number of guanidine groups is 1. The Balaban J connectivity index is 0.00000441. The second-order valence-electron chi connectivity index (χ2n) is 5.78. The summed E-state index contributed by atoms with van der Waals surface area (Å²) in [7, 11) is 1.74. The summed E-state index contributed by atoms with van der Waals surface area (Å²) < 4.78 is 5.06. The molecule has 2 N–H and O–H groups in total. The summed E-state index contributed by atoms with van der Waals surface area (Å²) in [6, 6.07) is 0. The Kier molecular flexibility index (Phi) is 14.5. The van der Waals surface area contributed by atoms with Crippen molar-refractivity contribution < 1.29 is 4.74 Å². The lowest BCUT2D eigenvalue weighted by Crippen LogP contribution is -2.39. The number of nitrogens with one attached hydrogen (secondary N) is 2. The van der Waals surface area contributed by atoms with Crippen LogP contribution >= 0.6 is 24.0 Å². The number of nitrogens with zero attached hydrogens (tertiary/aromatic N) is 2. The van der Waals surface area contributed by atoms with Crippen LogP contribution in [0.3, 0.4) is 0 Å². The lowest BCUT2D eigenvalue weighted by molar-refractivity contribution is 0.188. The second-order valence-corrected chi connectivity index (χ2v) is 5.78. The Labute approximate surface area is 153 Å². The average Bonchev–Trinajstić information content (AvgIpc) is 2.51. The maximum atomic E-state index is 5.06.